The Morgan fingerprint density at radius 1 is 1.36 bits per heavy atom. The van der Waals surface area contributed by atoms with E-state index in [1.807, 2.05) is 24.3 Å². The Hall–Kier alpha value is -2.13. The molecule has 2 atom stereocenters. The van der Waals surface area contributed by atoms with Crippen molar-refractivity contribution < 1.29 is 4.79 Å². The first-order valence-electron chi connectivity index (χ1n) is 7.17. The lowest BCUT2D eigenvalue weighted by Gasteiger charge is -2.10. The third-order valence-electron chi connectivity index (χ3n) is 3.91. The second kappa shape index (κ2) is 6.32. The minimum Gasteiger partial charge on any atom is -0.348 e. The summed E-state index contributed by atoms with van der Waals surface area (Å²) >= 11 is 3.39. The Bertz CT molecular complexity index is 716. The van der Waals surface area contributed by atoms with Gasteiger partial charge in [-0.25, -0.2) is 0 Å². The van der Waals surface area contributed by atoms with E-state index in [4.69, 9.17) is 5.26 Å². The lowest BCUT2D eigenvalue weighted by atomic mass is 10.1. The number of aromatic nitrogens is 2. The van der Waals surface area contributed by atoms with Crippen LogP contribution in [0.2, 0.25) is 0 Å². The van der Waals surface area contributed by atoms with E-state index >= 15 is 0 Å². The van der Waals surface area contributed by atoms with Crippen LogP contribution in [0.15, 0.2) is 34.8 Å². The van der Waals surface area contributed by atoms with Gasteiger partial charge in [0.2, 0.25) is 0 Å². The van der Waals surface area contributed by atoms with Gasteiger partial charge in [-0.15, -0.1) is 0 Å². The molecular weight excluding hydrogens is 344 g/mol. The van der Waals surface area contributed by atoms with Crippen molar-refractivity contribution in [1.82, 2.24) is 15.5 Å². The third kappa shape index (κ3) is 3.20. The number of carbonyl (C=O) groups excluding carboxylic acids is 1. The lowest BCUT2D eigenvalue weighted by Crippen LogP contribution is -2.33. The van der Waals surface area contributed by atoms with Gasteiger partial charge < -0.3 is 5.32 Å². The number of hydrogen-bond donors (Lipinski definition) is 2. The molecule has 1 aliphatic rings. The van der Waals surface area contributed by atoms with Gasteiger partial charge in [0, 0.05) is 22.0 Å². The zero-order valence-corrected chi connectivity index (χ0v) is 13.4. The summed E-state index contributed by atoms with van der Waals surface area (Å²) in [4.78, 5) is 12.2. The van der Waals surface area contributed by atoms with Crippen LogP contribution in [-0.2, 0) is 0 Å². The summed E-state index contributed by atoms with van der Waals surface area (Å²) in [6, 6.07) is 11.8. The summed E-state index contributed by atoms with van der Waals surface area (Å²) in [6.07, 6.45) is 2.45. The van der Waals surface area contributed by atoms with E-state index in [9.17, 15) is 4.79 Å². The maximum absolute atomic E-state index is 12.2. The molecule has 6 heteroatoms. The largest absolute Gasteiger partial charge is 0.348 e. The molecule has 22 heavy (non-hydrogen) atoms. The fourth-order valence-electron chi connectivity index (χ4n) is 2.70. The molecule has 2 aromatic rings. The number of amides is 1. The van der Waals surface area contributed by atoms with Gasteiger partial charge in [0.25, 0.3) is 5.91 Å². The van der Waals surface area contributed by atoms with E-state index in [-0.39, 0.29) is 17.9 Å². The van der Waals surface area contributed by atoms with Crippen molar-refractivity contribution in [3.8, 4) is 17.3 Å². The van der Waals surface area contributed by atoms with Crippen LogP contribution < -0.4 is 5.32 Å². The summed E-state index contributed by atoms with van der Waals surface area (Å²) in [5.74, 6) is -0.107. The lowest BCUT2D eigenvalue weighted by molar-refractivity contribution is 0.0932. The number of rotatable bonds is 3. The van der Waals surface area contributed by atoms with Crippen LogP contribution in [0.25, 0.3) is 11.3 Å². The van der Waals surface area contributed by atoms with Crippen LogP contribution in [0, 0.1) is 17.2 Å². The molecule has 5 nitrogen and oxygen atoms in total. The molecule has 1 aliphatic carbocycles. The second-order valence-corrected chi connectivity index (χ2v) is 6.40. The van der Waals surface area contributed by atoms with Crippen molar-refractivity contribution in [2.45, 2.75) is 25.3 Å². The number of halogens is 1. The van der Waals surface area contributed by atoms with Crippen LogP contribution in [0.4, 0.5) is 0 Å². The van der Waals surface area contributed by atoms with Gasteiger partial charge >= 0.3 is 0 Å². The average molecular weight is 359 g/mol. The molecule has 0 radical (unpaired) electrons. The van der Waals surface area contributed by atoms with Gasteiger partial charge in [-0.05, 0) is 37.5 Å². The van der Waals surface area contributed by atoms with Crippen molar-refractivity contribution in [3.63, 3.8) is 0 Å². The Labute approximate surface area is 136 Å². The van der Waals surface area contributed by atoms with E-state index in [1.165, 1.54) is 0 Å². The summed E-state index contributed by atoms with van der Waals surface area (Å²) in [6.45, 7) is 0. The summed E-state index contributed by atoms with van der Waals surface area (Å²) in [5.41, 5.74) is 2.13. The van der Waals surface area contributed by atoms with Crippen LogP contribution in [-0.4, -0.2) is 22.1 Å². The first kappa shape index (κ1) is 14.8. The number of nitrogens with one attached hydrogen (secondary N) is 2. The Morgan fingerprint density at radius 2 is 2.14 bits per heavy atom. The number of carbonyl (C=O) groups is 1. The molecule has 112 valence electrons. The SMILES string of the molecule is N#C[C@H]1CC[C@@H](NC(=O)c2cc(-c3ccc(Br)cc3)n[nH]2)C1. The monoisotopic (exact) mass is 358 g/mol. The fourth-order valence-corrected chi connectivity index (χ4v) is 2.96. The second-order valence-electron chi connectivity index (χ2n) is 5.48. The molecule has 1 aromatic heterocycles. The topological polar surface area (TPSA) is 81.6 Å². The summed E-state index contributed by atoms with van der Waals surface area (Å²) < 4.78 is 0.998. The molecule has 3 rings (SSSR count). The van der Waals surface area contributed by atoms with Crippen LogP contribution >= 0.6 is 15.9 Å². The first-order valence-corrected chi connectivity index (χ1v) is 7.97. The van der Waals surface area contributed by atoms with Gasteiger partial charge in [0.15, 0.2) is 0 Å². The Kier molecular flexibility index (Phi) is 4.25. The van der Waals surface area contributed by atoms with E-state index in [0.717, 1.165) is 35.0 Å². The quantitative estimate of drug-likeness (QED) is 0.883. The fraction of sp³-hybridized carbons (Fsp3) is 0.312. The van der Waals surface area contributed by atoms with Crippen molar-refractivity contribution >= 4 is 21.8 Å². The normalized spacial score (nSPS) is 20.5. The molecule has 1 amide bonds. The van der Waals surface area contributed by atoms with E-state index in [0.29, 0.717) is 5.69 Å². The molecule has 0 unspecified atom stereocenters. The van der Waals surface area contributed by atoms with Crippen molar-refractivity contribution in [2.75, 3.05) is 0 Å². The average Bonchev–Trinajstić information content (AvgIpc) is 3.17. The molecular formula is C16H15BrN4O. The smallest absolute Gasteiger partial charge is 0.269 e. The predicted octanol–water partition coefficient (Wildman–Crippen LogP) is 3.26. The minimum atomic E-state index is -0.167. The molecule has 0 saturated heterocycles. The molecule has 2 N–H and O–H groups in total. The highest BCUT2D eigenvalue weighted by Gasteiger charge is 2.26. The first-order chi connectivity index (χ1) is 10.7. The zero-order chi connectivity index (χ0) is 15.5. The highest BCUT2D eigenvalue weighted by atomic mass is 79.9. The number of hydrogen-bond acceptors (Lipinski definition) is 3. The maximum Gasteiger partial charge on any atom is 0.269 e. The summed E-state index contributed by atoms with van der Waals surface area (Å²) in [7, 11) is 0. The molecule has 1 saturated carbocycles. The van der Waals surface area contributed by atoms with Crippen molar-refractivity contribution in [3.05, 3.63) is 40.5 Å². The van der Waals surface area contributed by atoms with E-state index in [2.05, 4.69) is 37.5 Å². The van der Waals surface area contributed by atoms with Crippen molar-refractivity contribution in [1.29, 1.82) is 5.26 Å². The number of H-pyrrole nitrogens is 1. The van der Waals surface area contributed by atoms with Crippen LogP contribution in [0.3, 0.4) is 0 Å². The molecule has 1 aromatic carbocycles. The summed E-state index contributed by atoms with van der Waals surface area (Å²) in [5, 5.41) is 18.8. The van der Waals surface area contributed by atoms with Gasteiger partial charge in [-0.2, -0.15) is 10.4 Å². The van der Waals surface area contributed by atoms with Crippen LogP contribution in [0.5, 0.6) is 0 Å². The zero-order valence-electron chi connectivity index (χ0n) is 11.8. The highest BCUT2D eigenvalue weighted by molar-refractivity contribution is 9.10. The van der Waals surface area contributed by atoms with Gasteiger partial charge in [0.05, 0.1) is 11.8 Å². The number of aromatic amines is 1. The number of benzene rings is 1. The van der Waals surface area contributed by atoms with E-state index in [1.54, 1.807) is 6.07 Å². The maximum atomic E-state index is 12.2. The minimum absolute atomic E-state index is 0.0605. The van der Waals surface area contributed by atoms with E-state index < -0.39 is 0 Å². The predicted molar refractivity (Wildman–Crippen MR) is 85.9 cm³/mol. The third-order valence-corrected chi connectivity index (χ3v) is 4.44. The Balaban J connectivity index is 1.67. The molecule has 1 fully saturated rings. The molecule has 0 spiro atoms. The highest BCUT2D eigenvalue weighted by Crippen LogP contribution is 2.25. The number of nitriles is 1. The molecule has 0 aliphatic heterocycles. The standard InChI is InChI=1S/C16H15BrN4O/c17-12-4-2-11(3-5-12)14-8-15(21-20-14)16(22)19-13-6-1-10(7-13)9-18/h2-5,8,10,13H,1,6-7H2,(H,19,22)(H,20,21)/t10-,13+/m0/s1. The van der Waals surface area contributed by atoms with Crippen LogP contribution in [0.1, 0.15) is 29.8 Å². The van der Waals surface area contributed by atoms with Crippen molar-refractivity contribution in [2.24, 2.45) is 5.92 Å². The Morgan fingerprint density at radius 3 is 2.82 bits per heavy atom. The molecule has 0 bridgehead atoms. The van der Waals surface area contributed by atoms with Gasteiger partial charge in [-0.1, -0.05) is 28.1 Å². The van der Waals surface area contributed by atoms with Gasteiger partial charge in [0.1, 0.15) is 5.69 Å². The number of nitrogens with zero attached hydrogens (tertiary/aromatic N) is 2. The van der Waals surface area contributed by atoms with Gasteiger partial charge in [-0.3, -0.25) is 9.89 Å². The molecule has 1 heterocycles.